The summed E-state index contributed by atoms with van der Waals surface area (Å²) in [5.41, 5.74) is 12.0. The van der Waals surface area contributed by atoms with Gasteiger partial charge in [-0.05, 0) is 173 Å². The summed E-state index contributed by atoms with van der Waals surface area (Å²) in [6.45, 7) is 0. The van der Waals surface area contributed by atoms with Crippen molar-refractivity contribution in [2.75, 3.05) is 0 Å². The monoisotopic (exact) mass is 954 g/mol. The number of hydrogen-bond acceptors (Lipinski definition) is 0. The Labute approximate surface area is 397 Å². The molecule has 9 aromatic carbocycles. The van der Waals surface area contributed by atoms with E-state index in [2.05, 4.69) is 54.6 Å². The van der Waals surface area contributed by atoms with Gasteiger partial charge >= 0.3 is 0 Å². The minimum atomic E-state index is -3.61. The van der Waals surface area contributed by atoms with Crippen LogP contribution in [-0.2, 0) is 0 Å². The van der Waals surface area contributed by atoms with E-state index in [1.165, 1.54) is 0 Å². The van der Waals surface area contributed by atoms with Gasteiger partial charge in [0.15, 0.2) is 0 Å². The lowest BCUT2D eigenvalue weighted by atomic mass is 9.98. The Bertz CT molecular complexity index is 2510. The second-order valence-electron chi connectivity index (χ2n) is 15.1. The largest absolute Gasteiger partial charge is 0.248 e. The number of halogens is 7. The van der Waals surface area contributed by atoms with E-state index in [0.29, 0.717) is 30.1 Å². The first-order valence-electron chi connectivity index (χ1n) is 19.7. The lowest BCUT2D eigenvalue weighted by molar-refractivity contribution is 1.58. The third-order valence-electron chi connectivity index (χ3n) is 11.1. The summed E-state index contributed by atoms with van der Waals surface area (Å²) < 4.78 is 0. The van der Waals surface area contributed by atoms with Crippen molar-refractivity contribution in [3.8, 4) is 66.8 Å². The molecule has 0 saturated heterocycles. The maximum absolute atomic E-state index is 8.84. The average molecular weight is 958 g/mol. The van der Waals surface area contributed by atoms with Crippen molar-refractivity contribution < 1.29 is 0 Å². The third-order valence-corrected chi connectivity index (χ3v) is 17.8. The summed E-state index contributed by atoms with van der Waals surface area (Å²) in [7, 11) is -3.61. The van der Waals surface area contributed by atoms with Crippen LogP contribution in [-0.4, -0.2) is 7.38 Å². The second-order valence-corrected chi connectivity index (χ2v) is 22.5. The highest BCUT2D eigenvalue weighted by molar-refractivity contribution is 7.40. The van der Waals surface area contributed by atoms with Gasteiger partial charge in [0.1, 0.15) is 0 Å². The molecule has 0 fully saturated rings. The first-order chi connectivity index (χ1) is 30.0. The first kappa shape index (κ1) is 42.5. The van der Waals surface area contributed by atoms with E-state index in [-0.39, 0.29) is 0 Å². The highest BCUT2D eigenvalue weighted by atomic mass is 35.6. The summed E-state index contributed by atoms with van der Waals surface area (Å²) in [5, 5.41) is 6.92. The molecule has 0 N–H and O–H groups in total. The van der Waals surface area contributed by atoms with E-state index < -0.39 is 7.38 Å². The molecule has 0 aliphatic heterocycles. The second kappa shape index (κ2) is 18.1. The third kappa shape index (κ3) is 9.15. The molecular formula is C54H33Cl7Si. The number of rotatable bonds is 9. The average Bonchev–Trinajstić information content (AvgIpc) is 3.29. The molecule has 0 radical (unpaired) electrons. The molecule has 0 saturated carbocycles. The fourth-order valence-corrected chi connectivity index (χ4v) is 12.7. The Morgan fingerprint density at radius 3 is 0.484 bits per heavy atom. The van der Waals surface area contributed by atoms with Crippen molar-refractivity contribution in [2.45, 2.75) is 0 Å². The molecule has 0 aliphatic carbocycles. The van der Waals surface area contributed by atoms with Crippen molar-refractivity contribution in [2.24, 2.45) is 0 Å². The van der Waals surface area contributed by atoms with Crippen LogP contribution in [0.2, 0.25) is 30.1 Å². The summed E-state index contributed by atoms with van der Waals surface area (Å²) >= 11 is 47.5. The zero-order chi connectivity index (χ0) is 43.0. The Hall–Kier alpha value is -4.77. The van der Waals surface area contributed by atoms with Crippen LogP contribution in [0.3, 0.4) is 0 Å². The molecule has 0 spiro atoms. The molecule has 0 aromatic heterocycles. The van der Waals surface area contributed by atoms with Gasteiger partial charge in [-0.1, -0.05) is 179 Å². The smallest absolute Gasteiger partial charge is 0.149 e. The highest BCUT2D eigenvalue weighted by Crippen LogP contribution is 2.35. The predicted molar refractivity (Wildman–Crippen MR) is 273 cm³/mol. The van der Waals surface area contributed by atoms with Crippen molar-refractivity contribution in [3.05, 3.63) is 230 Å². The summed E-state index contributed by atoms with van der Waals surface area (Å²) in [5.74, 6) is 0. The summed E-state index contributed by atoms with van der Waals surface area (Å²) in [6, 6.07) is 67.6. The highest BCUT2D eigenvalue weighted by Gasteiger charge is 2.40. The van der Waals surface area contributed by atoms with Gasteiger partial charge in [-0.25, -0.2) is 0 Å². The lowest BCUT2D eigenvalue weighted by Crippen LogP contribution is -2.63. The van der Waals surface area contributed by atoms with Crippen LogP contribution in [0.4, 0.5) is 0 Å². The van der Waals surface area contributed by atoms with E-state index >= 15 is 0 Å². The Morgan fingerprint density at radius 1 is 0.194 bits per heavy atom. The molecule has 0 atom stereocenters. The number of benzene rings is 9. The van der Waals surface area contributed by atoms with E-state index in [0.717, 1.165) is 82.3 Å². The zero-order valence-electron chi connectivity index (χ0n) is 32.7. The van der Waals surface area contributed by atoms with E-state index in [1.807, 2.05) is 146 Å². The molecule has 8 heteroatoms. The van der Waals surface area contributed by atoms with E-state index in [1.54, 1.807) is 0 Å². The SMILES string of the molecule is Clc1ccc(-c2cc(-c3ccc(Cl)cc3)cc([Si](Cl)(c3cc(-c4ccc(Cl)cc4)cc(-c4ccc(Cl)cc4)c3)c3cc(-c4ccc(Cl)cc4)cc(-c4ccc(Cl)cc4)c3)c2)cc1. The molecule has 0 amide bonds. The molecule has 0 unspecified atom stereocenters. The maximum atomic E-state index is 8.84. The van der Waals surface area contributed by atoms with Gasteiger partial charge in [-0.15, -0.1) is 11.1 Å². The molecule has 0 heterocycles. The van der Waals surface area contributed by atoms with Gasteiger partial charge in [-0.2, -0.15) is 0 Å². The molecule has 302 valence electrons. The first-order valence-corrected chi connectivity index (χ1v) is 25.0. The molecule has 9 rings (SSSR count). The summed E-state index contributed by atoms with van der Waals surface area (Å²) in [6.07, 6.45) is 0. The fraction of sp³-hybridized carbons (Fsp3) is 0. The van der Waals surface area contributed by atoms with E-state index in [4.69, 9.17) is 80.7 Å². The van der Waals surface area contributed by atoms with Crippen LogP contribution in [0.5, 0.6) is 0 Å². The van der Waals surface area contributed by atoms with Crippen molar-refractivity contribution in [1.29, 1.82) is 0 Å². The minimum absolute atomic E-state index is 0.659. The van der Waals surface area contributed by atoms with Gasteiger partial charge in [0.25, 0.3) is 0 Å². The Morgan fingerprint density at radius 2 is 0.339 bits per heavy atom. The molecule has 0 aliphatic rings. The molecule has 62 heavy (non-hydrogen) atoms. The molecular weight excluding hydrogens is 925 g/mol. The van der Waals surface area contributed by atoms with Crippen molar-refractivity contribution >= 4 is 104 Å². The Balaban J connectivity index is 1.40. The standard InChI is InChI=1S/C54H33Cl7Si/c55-46-13-1-34(2-14-46)40-25-41(35-3-15-47(56)16-4-35)29-52(28-40)62(61,53-30-42(36-5-17-48(57)18-6-36)26-43(31-53)37-7-19-49(58)20-8-37)54-32-44(38-9-21-50(59)22-10-38)27-45(33-54)39-11-23-51(60)24-12-39/h1-33H. The molecule has 9 aromatic rings. The van der Waals surface area contributed by atoms with Crippen LogP contribution in [0.25, 0.3) is 66.8 Å². The van der Waals surface area contributed by atoms with Gasteiger partial charge < -0.3 is 0 Å². The van der Waals surface area contributed by atoms with Crippen molar-refractivity contribution in [3.63, 3.8) is 0 Å². The van der Waals surface area contributed by atoms with E-state index in [9.17, 15) is 0 Å². The van der Waals surface area contributed by atoms with Gasteiger partial charge in [0.2, 0.25) is 7.38 Å². The van der Waals surface area contributed by atoms with Gasteiger partial charge in [-0.3, -0.25) is 0 Å². The topological polar surface area (TPSA) is 0 Å². The summed E-state index contributed by atoms with van der Waals surface area (Å²) in [4.78, 5) is 0. The predicted octanol–water partition coefficient (Wildman–Crippen LogP) is 16.8. The fourth-order valence-electron chi connectivity index (χ4n) is 7.83. The van der Waals surface area contributed by atoms with Crippen LogP contribution in [0, 0.1) is 0 Å². The van der Waals surface area contributed by atoms with Crippen LogP contribution in [0.15, 0.2) is 200 Å². The van der Waals surface area contributed by atoms with Crippen LogP contribution < -0.4 is 15.6 Å². The maximum Gasteiger partial charge on any atom is 0.248 e. The molecule has 0 nitrogen and oxygen atoms in total. The number of hydrogen-bond donors (Lipinski definition) is 0. The lowest BCUT2D eigenvalue weighted by Gasteiger charge is -2.30. The normalized spacial score (nSPS) is 11.5. The van der Waals surface area contributed by atoms with Gasteiger partial charge in [0.05, 0.1) is 0 Å². The molecule has 0 bridgehead atoms. The van der Waals surface area contributed by atoms with Gasteiger partial charge in [0, 0.05) is 30.1 Å². The minimum Gasteiger partial charge on any atom is -0.149 e. The van der Waals surface area contributed by atoms with Crippen molar-refractivity contribution in [1.82, 2.24) is 0 Å². The zero-order valence-corrected chi connectivity index (χ0v) is 39.0. The quantitative estimate of drug-likeness (QED) is 0.0768. The Kier molecular flexibility index (Phi) is 12.4. The van der Waals surface area contributed by atoms with Crippen LogP contribution >= 0.6 is 80.7 Å². The van der Waals surface area contributed by atoms with Crippen LogP contribution in [0.1, 0.15) is 0 Å².